The van der Waals surface area contributed by atoms with Gasteiger partial charge in [-0.2, -0.15) is 0 Å². The van der Waals surface area contributed by atoms with E-state index >= 15 is 0 Å². The lowest BCUT2D eigenvalue weighted by atomic mass is 10.1. The van der Waals surface area contributed by atoms with Gasteiger partial charge in [-0.15, -0.1) is 0 Å². The Morgan fingerprint density at radius 2 is 1.62 bits per heavy atom. The summed E-state index contributed by atoms with van der Waals surface area (Å²) < 4.78 is 16.7. The highest BCUT2D eigenvalue weighted by atomic mass is 16.5. The van der Waals surface area contributed by atoms with Gasteiger partial charge in [-0.05, 0) is 47.2 Å². The fourth-order valence-electron chi connectivity index (χ4n) is 3.13. The van der Waals surface area contributed by atoms with Crippen molar-refractivity contribution >= 4 is 22.4 Å². The molecule has 0 saturated heterocycles. The monoisotopic (exact) mass is 387 g/mol. The Bertz CT molecular complexity index is 1150. The van der Waals surface area contributed by atoms with E-state index < -0.39 is 0 Å². The molecule has 29 heavy (non-hydrogen) atoms. The predicted molar refractivity (Wildman–Crippen MR) is 113 cm³/mol. The van der Waals surface area contributed by atoms with Crippen molar-refractivity contribution in [3.05, 3.63) is 90.4 Å². The molecule has 0 atom stereocenters. The molecule has 0 aliphatic rings. The maximum Gasteiger partial charge on any atom is 0.293 e. The van der Waals surface area contributed by atoms with Crippen molar-refractivity contribution < 1.29 is 18.7 Å². The number of anilines is 1. The molecule has 4 aromatic rings. The summed E-state index contributed by atoms with van der Waals surface area (Å²) >= 11 is 0. The van der Waals surface area contributed by atoms with E-state index in [2.05, 4.69) is 0 Å². The Balaban J connectivity index is 1.47. The second-order valence-electron chi connectivity index (χ2n) is 6.60. The van der Waals surface area contributed by atoms with Crippen LogP contribution in [0.5, 0.6) is 11.5 Å². The summed E-state index contributed by atoms with van der Waals surface area (Å²) in [5, 5.41) is 2.21. The van der Waals surface area contributed by atoms with Crippen LogP contribution in [0.3, 0.4) is 0 Å². The summed E-state index contributed by atoms with van der Waals surface area (Å²) in [6, 6.07) is 24.8. The summed E-state index contributed by atoms with van der Waals surface area (Å²) in [6.07, 6.45) is 0. The Morgan fingerprint density at radius 3 is 2.41 bits per heavy atom. The van der Waals surface area contributed by atoms with Crippen LogP contribution < -0.4 is 14.4 Å². The number of benzene rings is 3. The van der Waals surface area contributed by atoms with Crippen LogP contribution in [-0.4, -0.2) is 20.1 Å². The SMILES string of the molecule is COc1ccccc1OCc1ccc(C(=O)N(C)c2ccc3ccccc3c2)o1. The first-order valence-electron chi connectivity index (χ1n) is 9.27. The maximum atomic E-state index is 12.8. The number of carbonyl (C=O) groups is 1. The number of carbonyl (C=O) groups excluding carboxylic acids is 1. The average Bonchev–Trinajstić information content (AvgIpc) is 3.25. The minimum Gasteiger partial charge on any atom is -0.493 e. The fourth-order valence-corrected chi connectivity index (χ4v) is 3.13. The standard InChI is InChI=1S/C24H21NO4/c1-25(19-12-11-17-7-3-4-8-18(17)15-19)24(26)23-14-13-20(29-23)16-28-22-10-6-5-9-21(22)27-2/h3-15H,16H2,1-2H3. The van der Waals surface area contributed by atoms with Crippen LogP contribution in [0.15, 0.2) is 83.3 Å². The number of amides is 1. The van der Waals surface area contributed by atoms with Gasteiger partial charge in [0.1, 0.15) is 12.4 Å². The zero-order valence-electron chi connectivity index (χ0n) is 16.3. The average molecular weight is 387 g/mol. The molecule has 0 spiro atoms. The maximum absolute atomic E-state index is 12.8. The second kappa shape index (κ2) is 8.10. The number of furan rings is 1. The first-order valence-corrected chi connectivity index (χ1v) is 9.27. The molecule has 0 radical (unpaired) electrons. The van der Waals surface area contributed by atoms with E-state index in [0.29, 0.717) is 17.3 Å². The van der Waals surface area contributed by atoms with E-state index in [0.717, 1.165) is 16.5 Å². The molecule has 0 unspecified atom stereocenters. The van der Waals surface area contributed by atoms with Crippen molar-refractivity contribution in [1.82, 2.24) is 0 Å². The first kappa shape index (κ1) is 18.6. The normalized spacial score (nSPS) is 10.7. The van der Waals surface area contributed by atoms with E-state index in [1.165, 1.54) is 0 Å². The topological polar surface area (TPSA) is 51.9 Å². The fraction of sp³-hybridized carbons (Fsp3) is 0.125. The van der Waals surface area contributed by atoms with Crippen molar-refractivity contribution in [2.45, 2.75) is 6.61 Å². The predicted octanol–water partition coefficient (Wildman–Crippen LogP) is 5.30. The van der Waals surface area contributed by atoms with E-state index in [-0.39, 0.29) is 18.3 Å². The molecule has 0 saturated carbocycles. The molecule has 1 heterocycles. The third-order valence-corrected chi connectivity index (χ3v) is 4.74. The Kier molecular flexibility index (Phi) is 5.20. The van der Waals surface area contributed by atoms with Crippen LogP contribution in [0.4, 0.5) is 5.69 Å². The minimum atomic E-state index is -0.219. The summed E-state index contributed by atoms with van der Waals surface area (Å²) in [6.45, 7) is 0.202. The van der Waals surface area contributed by atoms with E-state index in [4.69, 9.17) is 13.9 Å². The molecule has 3 aromatic carbocycles. The quantitative estimate of drug-likeness (QED) is 0.451. The van der Waals surface area contributed by atoms with Crippen LogP contribution in [0.25, 0.3) is 10.8 Å². The van der Waals surface area contributed by atoms with E-state index in [1.54, 1.807) is 31.2 Å². The van der Waals surface area contributed by atoms with E-state index in [1.807, 2.05) is 66.7 Å². The second-order valence-corrected chi connectivity index (χ2v) is 6.60. The van der Waals surface area contributed by atoms with Gasteiger partial charge >= 0.3 is 0 Å². The number of rotatable bonds is 6. The summed E-state index contributed by atoms with van der Waals surface area (Å²) in [4.78, 5) is 14.4. The zero-order valence-corrected chi connectivity index (χ0v) is 16.3. The van der Waals surface area contributed by atoms with Crippen molar-refractivity contribution in [3.8, 4) is 11.5 Å². The number of ether oxygens (including phenoxy) is 2. The molecule has 5 heteroatoms. The molecule has 0 bridgehead atoms. The summed E-state index contributed by atoms with van der Waals surface area (Å²) in [5.41, 5.74) is 0.803. The number of fused-ring (bicyclic) bond motifs is 1. The lowest BCUT2D eigenvalue weighted by Crippen LogP contribution is -2.25. The number of para-hydroxylation sites is 2. The zero-order chi connectivity index (χ0) is 20.2. The smallest absolute Gasteiger partial charge is 0.293 e. The van der Waals surface area contributed by atoms with Crippen LogP contribution in [0.1, 0.15) is 16.3 Å². The highest BCUT2D eigenvalue weighted by Crippen LogP contribution is 2.27. The third kappa shape index (κ3) is 3.94. The number of hydrogen-bond acceptors (Lipinski definition) is 4. The molecule has 1 amide bonds. The van der Waals surface area contributed by atoms with Gasteiger partial charge in [0, 0.05) is 12.7 Å². The van der Waals surface area contributed by atoms with Crippen LogP contribution in [-0.2, 0) is 6.61 Å². The molecule has 0 aliphatic heterocycles. The van der Waals surface area contributed by atoms with Crippen LogP contribution >= 0.6 is 0 Å². The lowest BCUT2D eigenvalue weighted by Gasteiger charge is -2.16. The van der Waals surface area contributed by atoms with Gasteiger partial charge < -0.3 is 18.8 Å². The number of nitrogens with zero attached hydrogens (tertiary/aromatic N) is 1. The highest BCUT2D eigenvalue weighted by Gasteiger charge is 2.18. The molecule has 5 nitrogen and oxygen atoms in total. The number of hydrogen-bond donors (Lipinski definition) is 0. The third-order valence-electron chi connectivity index (χ3n) is 4.74. The van der Waals surface area contributed by atoms with Gasteiger partial charge in [0.25, 0.3) is 5.91 Å². The Labute approximate surface area is 169 Å². The molecule has 0 N–H and O–H groups in total. The van der Waals surface area contributed by atoms with E-state index in [9.17, 15) is 4.79 Å². The van der Waals surface area contributed by atoms with Crippen molar-refractivity contribution in [2.24, 2.45) is 0 Å². The summed E-state index contributed by atoms with van der Waals surface area (Å²) in [5.74, 6) is 1.87. The largest absolute Gasteiger partial charge is 0.493 e. The molecule has 0 fully saturated rings. The highest BCUT2D eigenvalue weighted by molar-refractivity contribution is 6.04. The van der Waals surface area contributed by atoms with Gasteiger partial charge in [0.05, 0.1) is 7.11 Å². The molecule has 146 valence electrons. The van der Waals surface area contributed by atoms with Gasteiger partial charge in [-0.3, -0.25) is 4.79 Å². The Morgan fingerprint density at radius 1 is 0.897 bits per heavy atom. The molecule has 4 rings (SSSR count). The molecular weight excluding hydrogens is 366 g/mol. The van der Waals surface area contributed by atoms with Crippen molar-refractivity contribution in [2.75, 3.05) is 19.1 Å². The van der Waals surface area contributed by atoms with Crippen molar-refractivity contribution in [1.29, 1.82) is 0 Å². The number of methoxy groups -OCH3 is 1. The first-order chi connectivity index (χ1) is 14.2. The summed E-state index contributed by atoms with van der Waals surface area (Å²) in [7, 11) is 3.33. The molecule has 1 aromatic heterocycles. The van der Waals surface area contributed by atoms with Crippen LogP contribution in [0, 0.1) is 0 Å². The molecular formula is C24H21NO4. The van der Waals surface area contributed by atoms with Crippen LogP contribution in [0.2, 0.25) is 0 Å². The Hall–Kier alpha value is -3.73. The lowest BCUT2D eigenvalue weighted by molar-refractivity contribution is 0.0962. The minimum absolute atomic E-state index is 0.202. The van der Waals surface area contributed by atoms with Crippen molar-refractivity contribution in [3.63, 3.8) is 0 Å². The van der Waals surface area contributed by atoms with Gasteiger partial charge in [-0.25, -0.2) is 0 Å². The van der Waals surface area contributed by atoms with Gasteiger partial charge in [0.2, 0.25) is 0 Å². The van der Waals surface area contributed by atoms with Gasteiger partial charge in [-0.1, -0.05) is 42.5 Å². The molecule has 0 aliphatic carbocycles. The van der Waals surface area contributed by atoms with Gasteiger partial charge in [0.15, 0.2) is 17.3 Å².